The summed E-state index contributed by atoms with van der Waals surface area (Å²) in [4.78, 5) is 16.8. The van der Waals surface area contributed by atoms with Crippen LogP contribution in [0.2, 0.25) is 8.67 Å². The number of aryl methyl sites for hydroxylation is 1. The summed E-state index contributed by atoms with van der Waals surface area (Å²) in [5.41, 5.74) is 2.34. The molecule has 0 saturated heterocycles. The summed E-state index contributed by atoms with van der Waals surface area (Å²) >= 11 is 14.8. The molecule has 29 heavy (non-hydrogen) atoms. The van der Waals surface area contributed by atoms with Gasteiger partial charge in [0.15, 0.2) is 16.6 Å². The van der Waals surface area contributed by atoms with Crippen LogP contribution < -0.4 is 19.5 Å². The third-order valence-electron chi connectivity index (χ3n) is 4.05. The molecule has 2 aromatic heterocycles. The first-order valence-electron chi connectivity index (χ1n) is 8.44. The van der Waals surface area contributed by atoms with Crippen LogP contribution in [0.1, 0.15) is 12.0 Å². The lowest BCUT2D eigenvalue weighted by Gasteiger charge is -2.14. The second-order valence-electron chi connectivity index (χ2n) is 5.86. The number of thiophene rings is 1. The molecule has 1 N–H and O–H groups in total. The highest BCUT2D eigenvalue weighted by molar-refractivity contribution is 7.20. The molecular formula is C19H18Cl2N2O4S2. The Morgan fingerprint density at radius 2 is 1.79 bits per heavy atom. The highest BCUT2D eigenvalue weighted by Gasteiger charge is 2.15. The molecule has 0 fully saturated rings. The Kier molecular flexibility index (Phi) is 7.23. The van der Waals surface area contributed by atoms with E-state index in [-0.39, 0.29) is 12.3 Å². The van der Waals surface area contributed by atoms with Gasteiger partial charge in [0, 0.05) is 17.4 Å². The summed E-state index contributed by atoms with van der Waals surface area (Å²) in [6.07, 6.45) is 0.783. The fourth-order valence-corrected chi connectivity index (χ4v) is 4.90. The fourth-order valence-electron chi connectivity index (χ4n) is 2.69. The first kappa shape index (κ1) is 21.7. The quantitative estimate of drug-likeness (QED) is 0.450. The Labute approximate surface area is 186 Å². The molecule has 0 saturated carbocycles. The zero-order chi connectivity index (χ0) is 21.0. The average molecular weight is 473 g/mol. The van der Waals surface area contributed by atoms with E-state index in [1.165, 1.54) is 22.7 Å². The van der Waals surface area contributed by atoms with Crippen LogP contribution in [0, 0.1) is 0 Å². The van der Waals surface area contributed by atoms with Gasteiger partial charge in [-0.1, -0.05) is 23.2 Å². The second kappa shape index (κ2) is 9.67. The number of thiazole rings is 1. The minimum Gasteiger partial charge on any atom is -0.493 e. The van der Waals surface area contributed by atoms with Gasteiger partial charge in [0.05, 0.1) is 31.4 Å². The van der Waals surface area contributed by atoms with Crippen molar-refractivity contribution in [1.29, 1.82) is 0 Å². The van der Waals surface area contributed by atoms with Gasteiger partial charge in [0.25, 0.3) is 0 Å². The smallest absolute Gasteiger partial charge is 0.226 e. The van der Waals surface area contributed by atoms with Gasteiger partial charge in [-0.2, -0.15) is 0 Å². The highest BCUT2D eigenvalue weighted by atomic mass is 35.5. The summed E-state index contributed by atoms with van der Waals surface area (Å²) in [6, 6.07) is 5.43. The van der Waals surface area contributed by atoms with Gasteiger partial charge >= 0.3 is 0 Å². The number of anilines is 1. The van der Waals surface area contributed by atoms with Crippen LogP contribution in [0.4, 0.5) is 5.13 Å². The molecule has 0 aliphatic carbocycles. The van der Waals surface area contributed by atoms with Gasteiger partial charge in [0.2, 0.25) is 11.7 Å². The first-order valence-corrected chi connectivity index (χ1v) is 10.9. The molecule has 0 aliphatic rings. The number of nitrogens with one attached hydrogen (secondary N) is 1. The van der Waals surface area contributed by atoms with Crippen molar-refractivity contribution in [2.75, 3.05) is 26.6 Å². The van der Waals surface area contributed by atoms with E-state index in [0.717, 1.165) is 11.1 Å². The molecule has 0 unspecified atom stereocenters. The van der Waals surface area contributed by atoms with Gasteiger partial charge < -0.3 is 19.5 Å². The van der Waals surface area contributed by atoms with Crippen LogP contribution in [0.25, 0.3) is 11.3 Å². The van der Waals surface area contributed by atoms with Crippen LogP contribution in [-0.2, 0) is 11.2 Å². The molecule has 2 heterocycles. The lowest BCUT2D eigenvalue weighted by atomic mass is 10.1. The van der Waals surface area contributed by atoms with E-state index in [0.29, 0.717) is 43.2 Å². The van der Waals surface area contributed by atoms with Crippen LogP contribution in [0.3, 0.4) is 0 Å². The number of carbonyl (C=O) groups is 1. The lowest BCUT2D eigenvalue weighted by Crippen LogP contribution is -2.12. The summed E-state index contributed by atoms with van der Waals surface area (Å²) in [5.74, 6) is 1.48. The Hall–Kier alpha value is -2.00. The van der Waals surface area contributed by atoms with Gasteiger partial charge in [-0.25, -0.2) is 4.98 Å². The topological polar surface area (TPSA) is 69.7 Å². The number of ether oxygens (including phenoxy) is 3. The van der Waals surface area contributed by atoms with Crippen molar-refractivity contribution >= 4 is 56.9 Å². The van der Waals surface area contributed by atoms with E-state index < -0.39 is 0 Å². The Balaban J connectivity index is 1.64. The Morgan fingerprint density at radius 1 is 1.10 bits per heavy atom. The minimum atomic E-state index is -0.144. The summed E-state index contributed by atoms with van der Waals surface area (Å²) in [7, 11) is 4.66. The van der Waals surface area contributed by atoms with Crippen LogP contribution in [0.5, 0.6) is 17.2 Å². The van der Waals surface area contributed by atoms with E-state index >= 15 is 0 Å². The number of hydrogen-bond acceptors (Lipinski definition) is 7. The molecule has 3 rings (SSSR count). The average Bonchev–Trinajstić information content (AvgIpc) is 3.30. The van der Waals surface area contributed by atoms with Gasteiger partial charge in [0.1, 0.15) is 4.34 Å². The van der Waals surface area contributed by atoms with E-state index in [2.05, 4.69) is 10.3 Å². The molecule has 3 aromatic rings. The number of carbonyl (C=O) groups excluding carboxylic acids is 1. The zero-order valence-corrected chi connectivity index (χ0v) is 19.0. The molecule has 0 spiro atoms. The van der Waals surface area contributed by atoms with Crippen LogP contribution >= 0.6 is 45.9 Å². The Morgan fingerprint density at radius 3 is 2.34 bits per heavy atom. The van der Waals surface area contributed by atoms with Gasteiger partial charge in [-0.3, -0.25) is 4.79 Å². The van der Waals surface area contributed by atoms with E-state index in [1.807, 2.05) is 17.5 Å². The molecule has 0 radical (unpaired) electrons. The third kappa shape index (κ3) is 5.14. The van der Waals surface area contributed by atoms with Crippen molar-refractivity contribution in [1.82, 2.24) is 4.98 Å². The maximum atomic E-state index is 12.4. The largest absolute Gasteiger partial charge is 0.493 e. The Bertz CT molecular complexity index is 995. The van der Waals surface area contributed by atoms with E-state index in [4.69, 9.17) is 37.4 Å². The number of aromatic nitrogens is 1. The molecule has 0 atom stereocenters. The maximum absolute atomic E-state index is 12.4. The van der Waals surface area contributed by atoms with Gasteiger partial charge in [-0.05, 0) is 30.2 Å². The third-order valence-corrected chi connectivity index (χ3v) is 6.29. The van der Waals surface area contributed by atoms with Crippen molar-refractivity contribution in [2.24, 2.45) is 0 Å². The molecule has 0 aliphatic heterocycles. The predicted molar refractivity (Wildman–Crippen MR) is 118 cm³/mol. The minimum absolute atomic E-state index is 0.144. The zero-order valence-electron chi connectivity index (χ0n) is 15.9. The van der Waals surface area contributed by atoms with Crippen molar-refractivity contribution < 1.29 is 19.0 Å². The predicted octanol–water partition coefficient (Wildman–Crippen LogP) is 5.78. The molecule has 10 heteroatoms. The van der Waals surface area contributed by atoms with Crippen molar-refractivity contribution in [2.45, 2.75) is 12.8 Å². The fraction of sp³-hybridized carbons (Fsp3) is 0.263. The van der Waals surface area contributed by atoms with Crippen molar-refractivity contribution in [3.05, 3.63) is 37.8 Å². The van der Waals surface area contributed by atoms with E-state index in [1.54, 1.807) is 27.4 Å². The summed E-state index contributed by atoms with van der Waals surface area (Å²) in [5, 5.41) is 5.16. The number of benzene rings is 1. The number of nitrogens with zero attached hydrogens (tertiary/aromatic N) is 1. The number of rotatable bonds is 8. The first-order chi connectivity index (χ1) is 13.9. The van der Waals surface area contributed by atoms with Gasteiger partial charge in [-0.15, -0.1) is 22.7 Å². The van der Waals surface area contributed by atoms with Crippen LogP contribution in [0.15, 0.2) is 23.6 Å². The second-order valence-corrected chi connectivity index (χ2v) is 9.00. The molecule has 6 nitrogen and oxygen atoms in total. The number of methoxy groups -OCH3 is 3. The molecule has 0 bridgehead atoms. The number of hydrogen-bond donors (Lipinski definition) is 1. The lowest BCUT2D eigenvalue weighted by molar-refractivity contribution is -0.116. The summed E-state index contributed by atoms with van der Waals surface area (Å²) < 4.78 is 17.2. The van der Waals surface area contributed by atoms with Crippen molar-refractivity contribution in [3.63, 3.8) is 0 Å². The monoisotopic (exact) mass is 472 g/mol. The molecular weight excluding hydrogens is 455 g/mol. The van der Waals surface area contributed by atoms with Crippen LogP contribution in [-0.4, -0.2) is 32.2 Å². The standard InChI is InChI=1S/C19H18Cl2N2O4S2/c1-25-13-6-10(7-14(26-2)17(13)27-3)4-5-16(24)23-19-22-12(9-28-19)11-8-15(20)29-18(11)21/h6-9H,4-5H2,1-3H3,(H,22,23,24). The molecule has 1 amide bonds. The maximum Gasteiger partial charge on any atom is 0.226 e. The SMILES string of the molecule is COc1cc(CCC(=O)Nc2nc(-c3cc(Cl)sc3Cl)cs2)cc(OC)c1OC. The normalized spacial score (nSPS) is 10.7. The molecule has 154 valence electrons. The van der Waals surface area contributed by atoms with E-state index in [9.17, 15) is 4.79 Å². The highest BCUT2D eigenvalue weighted by Crippen LogP contribution is 2.40. The number of halogens is 2. The number of amides is 1. The summed E-state index contributed by atoms with van der Waals surface area (Å²) in [6.45, 7) is 0. The molecule has 1 aromatic carbocycles. The van der Waals surface area contributed by atoms with Crippen molar-refractivity contribution in [3.8, 4) is 28.5 Å².